The van der Waals surface area contributed by atoms with Gasteiger partial charge in [0.15, 0.2) is 0 Å². The van der Waals surface area contributed by atoms with E-state index in [0.29, 0.717) is 0 Å². The third-order valence-corrected chi connectivity index (χ3v) is 3.44. The van der Waals surface area contributed by atoms with Crippen molar-refractivity contribution in [1.82, 2.24) is 10.6 Å². The molecule has 18 heavy (non-hydrogen) atoms. The maximum absolute atomic E-state index is 12.0. The molecule has 3 heteroatoms. The molecule has 1 aromatic rings. The van der Waals surface area contributed by atoms with Gasteiger partial charge in [0.2, 0.25) is 5.91 Å². The summed E-state index contributed by atoms with van der Waals surface area (Å²) in [6, 6.07) is 8.28. The fraction of sp³-hybridized carbons (Fsp3) is 0.400. The molecule has 3 nitrogen and oxygen atoms in total. The molecule has 0 aromatic heterocycles. The molecule has 0 aliphatic carbocycles. The SMILES string of the molecule is CC(C(=O)N[C@@H](C)c1cccc(C)c1)=C1CNC1. The van der Waals surface area contributed by atoms with Gasteiger partial charge >= 0.3 is 0 Å². The Kier molecular flexibility index (Phi) is 3.82. The number of nitrogens with one attached hydrogen (secondary N) is 2. The number of carbonyl (C=O) groups excluding carboxylic acids is 1. The monoisotopic (exact) mass is 244 g/mol. The summed E-state index contributed by atoms with van der Waals surface area (Å²) >= 11 is 0. The van der Waals surface area contributed by atoms with Crippen molar-refractivity contribution in [3.63, 3.8) is 0 Å². The molecule has 1 aliphatic heterocycles. The second kappa shape index (κ2) is 5.36. The van der Waals surface area contributed by atoms with Crippen LogP contribution in [0.25, 0.3) is 0 Å². The van der Waals surface area contributed by atoms with Gasteiger partial charge in [0.1, 0.15) is 0 Å². The molecule has 0 radical (unpaired) electrons. The van der Waals surface area contributed by atoms with Crippen LogP contribution in [0.15, 0.2) is 35.4 Å². The highest BCUT2D eigenvalue weighted by Gasteiger charge is 2.17. The largest absolute Gasteiger partial charge is 0.346 e. The first-order chi connectivity index (χ1) is 8.58. The molecule has 96 valence electrons. The fourth-order valence-electron chi connectivity index (χ4n) is 2.00. The minimum absolute atomic E-state index is 0.0421. The number of hydrogen-bond donors (Lipinski definition) is 2. The Morgan fingerprint density at radius 2 is 2.11 bits per heavy atom. The van der Waals surface area contributed by atoms with E-state index in [1.165, 1.54) is 11.1 Å². The van der Waals surface area contributed by atoms with Crippen molar-refractivity contribution in [3.05, 3.63) is 46.5 Å². The van der Waals surface area contributed by atoms with Crippen LogP contribution in [0, 0.1) is 6.92 Å². The van der Waals surface area contributed by atoms with Crippen LogP contribution in [0.1, 0.15) is 31.0 Å². The molecule has 0 saturated carbocycles. The normalized spacial score (nSPS) is 15.8. The third-order valence-electron chi connectivity index (χ3n) is 3.44. The van der Waals surface area contributed by atoms with E-state index >= 15 is 0 Å². The summed E-state index contributed by atoms with van der Waals surface area (Å²) in [4.78, 5) is 12.0. The van der Waals surface area contributed by atoms with Gasteiger partial charge < -0.3 is 10.6 Å². The van der Waals surface area contributed by atoms with Crippen molar-refractivity contribution in [2.75, 3.05) is 13.1 Å². The lowest BCUT2D eigenvalue weighted by molar-refractivity contribution is -0.118. The standard InChI is InChI=1S/C15H20N2O/c1-10-5-4-6-13(7-10)12(3)17-15(18)11(2)14-8-16-9-14/h4-7,12,16H,8-9H2,1-3H3,(H,17,18)/t12-/m0/s1. The Balaban J connectivity index is 2.03. The number of rotatable bonds is 3. The van der Waals surface area contributed by atoms with Crippen LogP contribution in [-0.2, 0) is 4.79 Å². The number of aryl methyl sites for hydroxylation is 1. The van der Waals surface area contributed by atoms with Gasteiger partial charge in [-0.3, -0.25) is 4.79 Å². The molecule has 1 amide bonds. The van der Waals surface area contributed by atoms with E-state index in [1.54, 1.807) is 0 Å². The van der Waals surface area contributed by atoms with Crippen molar-refractivity contribution in [3.8, 4) is 0 Å². The van der Waals surface area contributed by atoms with Crippen LogP contribution in [0.5, 0.6) is 0 Å². The van der Waals surface area contributed by atoms with Crippen LogP contribution in [0.3, 0.4) is 0 Å². The molecule has 0 bridgehead atoms. The number of carbonyl (C=O) groups is 1. The number of benzene rings is 1. The van der Waals surface area contributed by atoms with Gasteiger partial charge in [0.25, 0.3) is 0 Å². The van der Waals surface area contributed by atoms with Crippen molar-refractivity contribution in [2.24, 2.45) is 0 Å². The summed E-state index contributed by atoms with van der Waals surface area (Å²) in [6.07, 6.45) is 0. The second-order valence-corrected chi connectivity index (χ2v) is 4.94. The lowest BCUT2D eigenvalue weighted by Crippen LogP contribution is -2.38. The number of hydrogen-bond acceptors (Lipinski definition) is 2. The summed E-state index contributed by atoms with van der Waals surface area (Å²) in [5.41, 5.74) is 4.43. The van der Waals surface area contributed by atoms with Crippen LogP contribution in [-0.4, -0.2) is 19.0 Å². The highest BCUT2D eigenvalue weighted by atomic mass is 16.1. The Labute approximate surface area is 108 Å². The van der Waals surface area contributed by atoms with Crippen molar-refractivity contribution < 1.29 is 4.79 Å². The van der Waals surface area contributed by atoms with Gasteiger partial charge in [0, 0.05) is 18.7 Å². The van der Waals surface area contributed by atoms with E-state index < -0.39 is 0 Å². The first-order valence-electron chi connectivity index (χ1n) is 6.34. The minimum atomic E-state index is 0.0421. The Morgan fingerprint density at radius 1 is 1.39 bits per heavy atom. The summed E-state index contributed by atoms with van der Waals surface area (Å²) in [7, 11) is 0. The summed E-state index contributed by atoms with van der Waals surface area (Å²) in [6.45, 7) is 7.67. The molecule has 2 rings (SSSR count). The fourth-order valence-corrected chi connectivity index (χ4v) is 2.00. The average molecular weight is 244 g/mol. The first kappa shape index (κ1) is 12.8. The highest BCUT2D eigenvalue weighted by Crippen LogP contribution is 2.15. The van der Waals surface area contributed by atoms with Crippen molar-refractivity contribution in [1.29, 1.82) is 0 Å². The van der Waals surface area contributed by atoms with E-state index in [1.807, 2.05) is 26.0 Å². The quantitative estimate of drug-likeness (QED) is 0.799. The van der Waals surface area contributed by atoms with Gasteiger partial charge in [-0.15, -0.1) is 0 Å². The van der Waals surface area contributed by atoms with Gasteiger partial charge in [-0.1, -0.05) is 29.8 Å². The van der Waals surface area contributed by atoms with Crippen LogP contribution in [0.2, 0.25) is 0 Å². The molecule has 0 unspecified atom stereocenters. The number of amides is 1. The molecule has 1 atom stereocenters. The molecule has 1 aromatic carbocycles. The van der Waals surface area contributed by atoms with Crippen molar-refractivity contribution >= 4 is 5.91 Å². The second-order valence-electron chi connectivity index (χ2n) is 4.94. The summed E-state index contributed by atoms with van der Waals surface area (Å²) in [5, 5.41) is 6.20. The Morgan fingerprint density at radius 3 is 2.67 bits per heavy atom. The smallest absolute Gasteiger partial charge is 0.247 e. The summed E-state index contributed by atoms with van der Waals surface area (Å²) < 4.78 is 0. The Hall–Kier alpha value is -1.61. The predicted molar refractivity (Wildman–Crippen MR) is 73.3 cm³/mol. The van der Waals surface area contributed by atoms with E-state index in [2.05, 4.69) is 29.7 Å². The zero-order valence-corrected chi connectivity index (χ0v) is 11.2. The molecule has 1 heterocycles. The zero-order chi connectivity index (χ0) is 13.1. The summed E-state index contributed by atoms with van der Waals surface area (Å²) in [5.74, 6) is 0.0421. The maximum Gasteiger partial charge on any atom is 0.247 e. The van der Waals surface area contributed by atoms with Crippen LogP contribution < -0.4 is 10.6 Å². The van der Waals surface area contributed by atoms with Crippen LogP contribution in [0.4, 0.5) is 0 Å². The van der Waals surface area contributed by atoms with Crippen LogP contribution >= 0.6 is 0 Å². The zero-order valence-electron chi connectivity index (χ0n) is 11.2. The first-order valence-corrected chi connectivity index (χ1v) is 6.34. The van der Waals surface area contributed by atoms with Gasteiger partial charge in [0.05, 0.1) is 6.04 Å². The lowest BCUT2D eigenvalue weighted by atomic mass is 10.0. The van der Waals surface area contributed by atoms with Gasteiger partial charge in [-0.05, 0) is 31.9 Å². The molecular formula is C15H20N2O. The van der Waals surface area contributed by atoms with Gasteiger partial charge in [-0.2, -0.15) is 0 Å². The molecular weight excluding hydrogens is 224 g/mol. The molecule has 2 N–H and O–H groups in total. The molecule has 1 fully saturated rings. The van der Waals surface area contributed by atoms with Crippen molar-refractivity contribution in [2.45, 2.75) is 26.8 Å². The molecule has 0 spiro atoms. The topological polar surface area (TPSA) is 41.1 Å². The van der Waals surface area contributed by atoms with E-state index in [0.717, 1.165) is 24.2 Å². The Bertz CT molecular complexity index is 485. The van der Waals surface area contributed by atoms with Gasteiger partial charge in [-0.25, -0.2) is 0 Å². The average Bonchev–Trinajstić information content (AvgIpc) is 2.26. The van der Waals surface area contributed by atoms with E-state index in [4.69, 9.17) is 0 Å². The van der Waals surface area contributed by atoms with E-state index in [9.17, 15) is 4.79 Å². The van der Waals surface area contributed by atoms with E-state index in [-0.39, 0.29) is 11.9 Å². The predicted octanol–water partition coefficient (Wildman–Crippen LogP) is 2.09. The third kappa shape index (κ3) is 2.79. The maximum atomic E-state index is 12.0. The highest BCUT2D eigenvalue weighted by molar-refractivity contribution is 5.94. The lowest BCUT2D eigenvalue weighted by Gasteiger charge is -2.23. The molecule has 1 saturated heterocycles. The molecule has 1 aliphatic rings. The minimum Gasteiger partial charge on any atom is -0.346 e.